The Morgan fingerprint density at radius 3 is 2.32 bits per heavy atom. The zero-order valence-electron chi connectivity index (χ0n) is 12.5. The first-order valence-electron chi connectivity index (χ1n) is 6.63. The molecule has 1 aliphatic rings. The van der Waals surface area contributed by atoms with Crippen LogP contribution in [0.4, 0.5) is 32.0 Å². The molecule has 1 aliphatic heterocycles. The van der Waals surface area contributed by atoms with Crippen LogP contribution in [0.1, 0.15) is 0 Å². The van der Waals surface area contributed by atoms with Crippen LogP contribution >= 0.6 is 0 Å². The first-order chi connectivity index (χ1) is 11.5. The fourth-order valence-electron chi connectivity index (χ4n) is 2.18. The van der Waals surface area contributed by atoms with Crippen LogP contribution in [-0.2, 0) is 4.79 Å². The number of halogens is 6. The van der Waals surface area contributed by atoms with Crippen molar-refractivity contribution >= 4 is 17.4 Å². The highest BCUT2D eigenvalue weighted by atomic mass is 19.3. The Labute approximate surface area is 137 Å². The van der Waals surface area contributed by atoms with E-state index in [0.29, 0.717) is 0 Å². The first-order valence-corrected chi connectivity index (χ1v) is 6.63. The van der Waals surface area contributed by atoms with Gasteiger partial charge in [-0.25, -0.2) is 13.6 Å². The van der Waals surface area contributed by atoms with E-state index >= 15 is 0 Å². The molecular weight excluding hydrogens is 358 g/mol. The number of quaternary nitrogens is 1. The van der Waals surface area contributed by atoms with Gasteiger partial charge in [0.05, 0.1) is 0 Å². The number of aliphatic carboxylic acids is 1. The van der Waals surface area contributed by atoms with Crippen LogP contribution in [0.15, 0.2) is 41.1 Å². The Kier molecular flexibility index (Phi) is 4.80. The number of benzene rings is 1. The molecule has 0 spiro atoms. The van der Waals surface area contributed by atoms with Gasteiger partial charge in [-0.2, -0.15) is 17.6 Å². The maximum absolute atomic E-state index is 13.2. The number of carboxylic acid groups (broad SMARTS) is 1. The highest BCUT2D eigenvalue weighted by Crippen LogP contribution is 2.40. The number of nitrogens with zero attached hydrogens (tertiary/aromatic N) is 2. The van der Waals surface area contributed by atoms with Gasteiger partial charge in [0.15, 0.2) is 11.5 Å². The Balaban J connectivity index is 2.54. The minimum absolute atomic E-state index is 0.322. The van der Waals surface area contributed by atoms with Crippen LogP contribution in [0, 0.1) is 0 Å². The van der Waals surface area contributed by atoms with Gasteiger partial charge in [0.1, 0.15) is 18.8 Å². The van der Waals surface area contributed by atoms with E-state index in [9.17, 15) is 31.1 Å². The van der Waals surface area contributed by atoms with Crippen molar-refractivity contribution in [1.82, 2.24) is 4.59 Å². The third-order valence-corrected chi connectivity index (χ3v) is 3.26. The SMILES string of the molecule is C[N+]1(c2ccccc2OC(F)(F)C(F)F)C=C(C(=O)O)C(C(F)F)=N1. The summed E-state index contributed by atoms with van der Waals surface area (Å²) in [4.78, 5) is 11.1. The van der Waals surface area contributed by atoms with Crippen LogP contribution in [0.25, 0.3) is 0 Å². The number of para-hydroxylation sites is 2. The molecule has 1 atom stereocenters. The highest BCUT2D eigenvalue weighted by molar-refractivity contribution is 6.21. The van der Waals surface area contributed by atoms with Gasteiger partial charge in [0.25, 0.3) is 6.43 Å². The quantitative estimate of drug-likeness (QED) is 0.617. The zero-order chi connectivity index (χ0) is 19.0. The molecule has 1 unspecified atom stereocenters. The van der Waals surface area contributed by atoms with Gasteiger partial charge in [0.2, 0.25) is 5.69 Å². The molecule has 1 aromatic rings. The molecular formula is C14H11F6N2O3+. The standard InChI is InChI=1S/C14H10F6N2O3/c1-22(6-7(12(23)24)10(21-22)11(15)16)8-4-2-3-5-9(8)25-14(19,20)13(17)18/h2-6,11,13H,1H3/p+1. The van der Waals surface area contributed by atoms with Crippen molar-refractivity contribution in [1.29, 1.82) is 0 Å². The highest BCUT2D eigenvalue weighted by Gasteiger charge is 2.47. The molecule has 0 saturated heterocycles. The lowest BCUT2D eigenvalue weighted by atomic mass is 10.2. The maximum atomic E-state index is 13.2. The average molecular weight is 369 g/mol. The summed E-state index contributed by atoms with van der Waals surface area (Å²) in [6, 6.07) is 4.53. The fourth-order valence-corrected chi connectivity index (χ4v) is 2.18. The topological polar surface area (TPSA) is 58.9 Å². The van der Waals surface area contributed by atoms with Gasteiger partial charge in [-0.05, 0) is 6.07 Å². The van der Waals surface area contributed by atoms with E-state index in [1.165, 1.54) is 12.1 Å². The molecule has 1 aromatic carbocycles. The maximum Gasteiger partial charge on any atom is 0.461 e. The van der Waals surface area contributed by atoms with Crippen molar-refractivity contribution in [2.24, 2.45) is 5.10 Å². The summed E-state index contributed by atoms with van der Waals surface area (Å²) in [7, 11) is 1.11. The van der Waals surface area contributed by atoms with E-state index in [2.05, 4.69) is 9.84 Å². The summed E-state index contributed by atoms with van der Waals surface area (Å²) in [5.74, 6) is -2.45. The number of hydrogen-bond donors (Lipinski definition) is 1. The normalized spacial score (nSPS) is 20.7. The molecule has 0 aromatic heterocycles. The van der Waals surface area contributed by atoms with Gasteiger partial charge in [-0.15, -0.1) is 4.59 Å². The number of alkyl halides is 6. The Morgan fingerprint density at radius 2 is 1.84 bits per heavy atom. The summed E-state index contributed by atoms with van der Waals surface area (Å²) in [5.41, 5.74) is -2.21. The molecule has 5 nitrogen and oxygen atoms in total. The second kappa shape index (κ2) is 6.39. The van der Waals surface area contributed by atoms with Crippen LogP contribution in [0.3, 0.4) is 0 Å². The van der Waals surface area contributed by atoms with Crippen molar-refractivity contribution in [3.63, 3.8) is 0 Å². The number of hydrogen-bond acceptors (Lipinski definition) is 3. The van der Waals surface area contributed by atoms with Gasteiger partial charge in [-0.3, -0.25) is 0 Å². The first kappa shape index (κ1) is 18.8. The molecule has 1 heterocycles. The van der Waals surface area contributed by atoms with Crippen LogP contribution in [0.5, 0.6) is 5.75 Å². The summed E-state index contributed by atoms with van der Waals surface area (Å²) < 4.78 is 80.1. The zero-order valence-corrected chi connectivity index (χ0v) is 12.5. The monoisotopic (exact) mass is 369 g/mol. The van der Waals surface area contributed by atoms with Crippen molar-refractivity contribution in [3.8, 4) is 5.75 Å². The van der Waals surface area contributed by atoms with E-state index in [1.807, 2.05) is 0 Å². The molecule has 11 heteroatoms. The van der Waals surface area contributed by atoms with Gasteiger partial charge < -0.3 is 9.84 Å². The van der Waals surface area contributed by atoms with E-state index in [-0.39, 0.29) is 5.69 Å². The minimum atomic E-state index is -4.83. The summed E-state index contributed by atoms with van der Waals surface area (Å²) in [6.45, 7) is 0. The summed E-state index contributed by atoms with van der Waals surface area (Å²) in [6.07, 6.45) is -11.4. The van der Waals surface area contributed by atoms with Crippen molar-refractivity contribution in [2.45, 2.75) is 19.0 Å². The molecule has 0 amide bonds. The molecule has 25 heavy (non-hydrogen) atoms. The lowest BCUT2D eigenvalue weighted by Crippen LogP contribution is -2.36. The smallest absolute Gasteiger partial charge is 0.461 e. The molecule has 1 N–H and O–H groups in total. The molecule has 0 radical (unpaired) electrons. The van der Waals surface area contributed by atoms with Crippen molar-refractivity contribution in [2.75, 3.05) is 7.05 Å². The van der Waals surface area contributed by atoms with E-state index in [1.54, 1.807) is 0 Å². The predicted octanol–water partition coefficient (Wildman–Crippen LogP) is 3.46. The third-order valence-electron chi connectivity index (χ3n) is 3.26. The molecule has 2 rings (SSSR count). The van der Waals surface area contributed by atoms with Crippen molar-refractivity contribution in [3.05, 3.63) is 36.0 Å². The second-order valence-electron chi connectivity index (χ2n) is 5.09. The number of rotatable bonds is 6. The third kappa shape index (κ3) is 3.60. The Morgan fingerprint density at radius 1 is 1.24 bits per heavy atom. The Hall–Kier alpha value is -2.56. The largest absolute Gasteiger partial charge is 0.477 e. The number of ether oxygens (including phenoxy) is 1. The number of carboxylic acids is 1. The van der Waals surface area contributed by atoms with Gasteiger partial charge >= 0.3 is 18.5 Å². The molecule has 0 fully saturated rings. The number of carbonyl (C=O) groups is 1. The molecule has 0 bridgehead atoms. The second-order valence-corrected chi connectivity index (χ2v) is 5.09. The molecule has 0 saturated carbocycles. The fraction of sp³-hybridized carbons (Fsp3) is 0.286. The van der Waals surface area contributed by atoms with Gasteiger partial charge in [0, 0.05) is 6.07 Å². The van der Waals surface area contributed by atoms with Crippen molar-refractivity contribution < 1.29 is 41.0 Å². The predicted molar refractivity (Wildman–Crippen MR) is 74.9 cm³/mol. The van der Waals surface area contributed by atoms with Crippen LogP contribution in [0.2, 0.25) is 0 Å². The van der Waals surface area contributed by atoms with E-state index in [4.69, 9.17) is 5.11 Å². The summed E-state index contributed by atoms with van der Waals surface area (Å²) >= 11 is 0. The minimum Gasteiger partial charge on any atom is -0.477 e. The van der Waals surface area contributed by atoms with E-state index < -0.39 is 46.6 Å². The van der Waals surface area contributed by atoms with Gasteiger partial charge in [-0.1, -0.05) is 17.2 Å². The molecule has 0 aliphatic carbocycles. The lowest BCUT2D eigenvalue weighted by Gasteiger charge is -2.24. The molecule has 136 valence electrons. The van der Waals surface area contributed by atoms with Crippen LogP contribution < -0.4 is 9.33 Å². The van der Waals surface area contributed by atoms with Crippen LogP contribution in [-0.4, -0.2) is 42.8 Å². The average Bonchev–Trinajstić information content (AvgIpc) is 2.87. The Bertz CT molecular complexity index is 750. The lowest BCUT2D eigenvalue weighted by molar-refractivity contribution is -0.253. The summed E-state index contributed by atoms with van der Waals surface area (Å²) in [5, 5.41) is 12.5. The van der Waals surface area contributed by atoms with E-state index in [0.717, 1.165) is 25.4 Å².